The van der Waals surface area contributed by atoms with Crippen LogP contribution in [-0.2, 0) is 9.59 Å². The second kappa shape index (κ2) is 4.79. The van der Waals surface area contributed by atoms with Crippen molar-refractivity contribution in [3.63, 3.8) is 0 Å². The van der Waals surface area contributed by atoms with Gasteiger partial charge in [-0.15, -0.1) is 0 Å². The Balaban J connectivity index is 2.58. The number of nitrogens with zero attached hydrogens (tertiary/aromatic N) is 2. The van der Waals surface area contributed by atoms with Gasteiger partial charge in [0.05, 0.1) is 0 Å². The summed E-state index contributed by atoms with van der Waals surface area (Å²) < 4.78 is 10.0. The van der Waals surface area contributed by atoms with Crippen molar-refractivity contribution in [2.24, 2.45) is 0 Å². The van der Waals surface area contributed by atoms with E-state index in [1.165, 1.54) is 38.4 Å². The van der Waals surface area contributed by atoms with Crippen LogP contribution in [-0.4, -0.2) is 21.9 Å². The average molecular weight is 246 g/mol. The number of aromatic nitrogens is 2. The molecule has 0 aliphatic rings. The standard InChI is InChI=1S/C12H10N2O4/c1-7(15)17-9-3-4-10(18-8(2)16)12-11(9)13-5-6-14-12/h3-6H,1-2H3. The summed E-state index contributed by atoms with van der Waals surface area (Å²) in [6, 6.07) is 3.02. The number of esters is 2. The summed E-state index contributed by atoms with van der Waals surface area (Å²) in [6.45, 7) is 2.59. The molecule has 2 aromatic rings. The molecule has 1 aromatic heterocycles. The third-order valence-electron chi connectivity index (χ3n) is 2.06. The molecule has 0 fully saturated rings. The Morgan fingerprint density at radius 3 is 1.61 bits per heavy atom. The minimum absolute atomic E-state index is 0.279. The van der Waals surface area contributed by atoms with E-state index in [2.05, 4.69) is 9.97 Å². The van der Waals surface area contributed by atoms with Gasteiger partial charge in [0.15, 0.2) is 11.5 Å². The molecule has 18 heavy (non-hydrogen) atoms. The number of fused-ring (bicyclic) bond motifs is 1. The Morgan fingerprint density at radius 2 is 1.28 bits per heavy atom. The highest BCUT2D eigenvalue weighted by molar-refractivity contribution is 5.89. The van der Waals surface area contributed by atoms with Crippen LogP contribution in [0.15, 0.2) is 24.5 Å². The van der Waals surface area contributed by atoms with Gasteiger partial charge in [-0.05, 0) is 12.1 Å². The Morgan fingerprint density at radius 1 is 0.889 bits per heavy atom. The van der Waals surface area contributed by atoms with Gasteiger partial charge in [0, 0.05) is 26.2 Å². The first-order valence-corrected chi connectivity index (χ1v) is 5.18. The highest BCUT2D eigenvalue weighted by Crippen LogP contribution is 2.30. The van der Waals surface area contributed by atoms with Gasteiger partial charge in [-0.1, -0.05) is 0 Å². The lowest BCUT2D eigenvalue weighted by atomic mass is 10.2. The van der Waals surface area contributed by atoms with Crippen molar-refractivity contribution in [2.75, 3.05) is 0 Å². The van der Waals surface area contributed by atoms with Crippen LogP contribution in [0.25, 0.3) is 11.0 Å². The fourth-order valence-electron chi connectivity index (χ4n) is 1.48. The predicted octanol–water partition coefficient (Wildman–Crippen LogP) is 1.48. The molecule has 0 bridgehead atoms. The predicted molar refractivity (Wildman–Crippen MR) is 62.2 cm³/mol. The quantitative estimate of drug-likeness (QED) is 0.590. The van der Waals surface area contributed by atoms with E-state index in [-0.39, 0.29) is 11.5 Å². The molecule has 1 aromatic carbocycles. The molecule has 6 nitrogen and oxygen atoms in total. The van der Waals surface area contributed by atoms with Crippen molar-refractivity contribution in [2.45, 2.75) is 13.8 Å². The molecule has 1 heterocycles. The van der Waals surface area contributed by atoms with Crippen molar-refractivity contribution in [3.05, 3.63) is 24.5 Å². The van der Waals surface area contributed by atoms with Gasteiger partial charge in [-0.2, -0.15) is 0 Å². The molecular formula is C12H10N2O4. The van der Waals surface area contributed by atoms with Gasteiger partial charge in [-0.25, -0.2) is 9.97 Å². The number of carbonyl (C=O) groups is 2. The van der Waals surface area contributed by atoms with Crippen molar-refractivity contribution in [1.82, 2.24) is 9.97 Å². The largest absolute Gasteiger partial charge is 0.424 e. The monoisotopic (exact) mass is 246 g/mol. The zero-order valence-corrected chi connectivity index (χ0v) is 9.84. The summed E-state index contributed by atoms with van der Waals surface area (Å²) >= 11 is 0. The number of hydrogen-bond acceptors (Lipinski definition) is 6. The highest BCUT2D eigenvalue weighted by atomic mass is 16.5. The molecule has 0 aliphatic carbocycles. The molecule has 6 heteroatoms. The minimum Gasteiger partial charge on any atom is -0.424 e. The van der Waals surface area contributed by atoms with Crippen LogP contribution in [0.4, 0.5) is 0 Å². The minimum atomic E-state index is -0.456. The fraction of sp³-hybridized carbons (Fsp3) is 0.167. The number of benzene rings is 1. The van der Waals surface area contributed by atoms with Crippen molar-refractivity contribution < 1.29 is 19.1 Å². The van der Waals surface area contributed by atoms with Crippen molar-refractivity contribution in [1.29, 1.82) is 0 Å². The Kier molecular flexibility index (Phi) is 3.18. The van der Waals surface area contributed by atoms with Crippen LogP contribution >= 0.6 is 0 Å². The maximum absolute atomic E-state index is 11.0. The maximum atomic E-state index is 11.0. The second-order valence-corrected chi connectivity index (χ2v) is 3.50. The van der Waals surface area contributed by atoms with Gasteiger partial charge in [-0.3, -0.25) is 9.59 Å². The highest BCUT2D eigenvalue weighted by Gasteiger charge is 2.12. The van der Waals surface area contributed by atoms with Crippen LogP contribution in [0.5, 0.6) is 11.5 Å². The summed E-state index contributed by atoms with van der Waals surface area (Å²) in [5, 5.41) is 0. The van der Waals surface area contributed by atoms with Gasteiger partial charge in [0.2, 0.25) is 0 Å². The zero-order valence-electron chi connectivity index (χ0n) is 9.84. The Labute approximate surface area is 103 Å². The van der Waals surface area contributed by atoms with Gasteiger partial charge in [0.25, 0.3) is 0 Å². The Bertz CT molecular complexity index is 570. The van der Waals surface area contributed by atoms with Crippen LogP contribution in [0.2, 0.25) is 0 Å². The summed E-state index contributed by atoms with van der Waals surface area (Å²) in [6.07, 6.45) is 2.93. The average Bonchev–Trinajstić information content (AvgIpc) is 2.31. The van der Waals surface area contributed by atoms with E-state index in [9.17, 15) is 9.59 Å². The molecule has 0 amide bonds. The maximum Gasteiger partial charge on any atom is 0.308 e. The summed E-state index contributed by atoms with van der Waals surface area (Å²) in [7, 11) is 0. The number of rotatable bonds is 2. The SMILES string of the molecule is CC(=O)Oc1ccc(OC(C)=O)c2nccnc12. The fourth-order valence-corrected chi connectivity index (χ4v) is 1.48. The van der Waals surface area contributed by atoms with Crippen molar-refractivity contribution in [3.8, 4) is 11.5 Å². The molecule has 0 spiro atoms. The van der Waals surface area contributed by atoms with Crippen molar-refractivity contribution >= 4 is 23.0 Å². The Hall–Kier alpha value is -2.50. The number of ether oxygens (including phenoxy) is 2. The topological polar surface area (TPSA) is 78.4 Å². The van der Waals surface area contributed by atoms with Crippen LogP contribution in [0.3, 0.4) is 0 Å². The zero-order chi connectivity index (χ0) is 13.1. The van der Waals surface area contributed by atoms with Crippen LogP contribution in [0.1, 0.15) is 13.8 Å². The lowest BCUT2D eigenvalue weighted by molar-refractivity contribution is -0.132. The lowest BCUT2D eigenvalue weighted by Gasteiger charge is -2.08. The normalized spacial score (nSPS) is 10.1. The van der Waals surface area contributed by atoms with Gasteiger partial charge in [0.1, 0.15) is 11.0 Å². The first kappa shape index (κ1) is 12.0. The molecule has 0 atom stereocenters. The van der Waals surface area contributed by atoms with Gasteiger partial charge >= 0.3 is 11.9 Å². The van der Waals surface area contributed by atoms with E-state index in [1.54, 1.807) is 0 Å². The molecule has 0 N–H and O–H groups in total. The van der Waals surface area contributed by atoms with E-state index < -0.39 is 11.9 Å². The van der Waals surface area contributed by atoms with E-state index >= 15 is 0 Å². The first-order chi connectivity index (χ1) is 8.58. The summed E-state index contributed by atoms with van der Waals surface area (Å²) in [4.78, 5) is 30.1. The molecular weight excluding hydrogens is 236 g/mol. The smallest absolute Gasteiger partial charge is 0.308 e. The van der Waals surface area contributed by atoms with Gasteiger partial charge < -0.3 is 9.47 Å². The second-order valence-electron chi connectivity index (χ2n) is 3.50. The lowest BCUT2D eigenvalue weighted by Crippen LogP contribution is -2.05. The van der Waals surface area contributed by atoms with E-state index in [0.717, 1.165) is 0 Å². The van der Waals surface area contributed by atoms with E-state index in [4.69, 9.17) is 9.47 Å². The molecule has 2 rings (SSSR count). The molecule has 0 aliphatic heterocycles. The first-order valence-electron chi connectivity index (χ1n) is 5.18. The van der Waals surface area contributed by atoms with Crippen LogP contribution in [0, 0.1) is 0 Å². The summed E-state index contributed by atoms with van der Waals surface area (Å²) in [5.41, 5.74) is 0.734. The molecule has 92 valence electrons. The van der Waals surface area contributed by atoms with Crippen LogP contribution < -0.4 is 9.47 Å². The molecule has 0 saturated heterocycles. The number of hydrogen-bond donors (Lipinski definition) is 0. The number of carbonyl (C=O) groups excluding carboxylic acids is 2. The van der Waals surface area contributed by atoms with E-state index in [0.29, 0.717) is 11.0 Å². The molecule has 0 unspecified atom stereocenters. The molecule has 0 radical (unpaired) electrons. The third kappa shape index (κ3) is 2.42. The third-order valence-corrected chi connectivity index (χ3v) is 2.06. The van der Waals surface area contributed by atoms with E-state index in [1.807, 2.05) is 0 Å². The summed E-state index contributed by atoms with van der Waals surface area (Å²) in [5.74, 6) is -0.354. The molecule has 0 saturated carbocycles.